The van der Waals surface area contributed by atoms with Crippen LogP contribution in [0.5, 0.6) is 11.5 Å². The molecular weight excluding hydrogens is 949 g/mol. The molecule has 0 bridgehead atoms. The van der Waals surface area contributed by atoms with E-state index in [-0.39, 0.29) is 24.0 Å². The molecule has 0 N–H and O–H groups in total. The Labute approximate surface area is 405 Å². The van der Waals surface area contributed by atoms with Gasteiger partial charge in [-0.25, -0.2) is 8.78 Å². The molecule has 6 rings (SSSR count). The third-order valence-electron chi connectivity index (χ3n) is 12.5. The molecule has 6 aromatic carbocycles. The molecule has 2 atom stereocenters. The van der Waals surface area contributed by atoms with E-state index in [1.54, 1.807) is 24.3 Å². The first-order chi connectivity index (χ1) is 33.6. The van der Waals surface area contributed by atoms with Crippen molar-refractivity contribution in [2.75, 3.05) is 14.2 Å². The van der Waals surface area contributed by atoms with Crippen molar-refractivity contribution in [2.45, 2.75) is 114 Å². The van der Waals surface area contributed by atoms with Gasteiger partial charge in [-0.05, 0) is 95.2 Å². The fraction of sp³-hybridized carbons (Fsp3) is 0.357. The maximum atomic E-state index is 17.6. The molecule has 0 aliphatic heterocycles. The van der Waals surface area contributed by atoms with Crippen LogP contribution in [0, 0.1) is 11.6 Å². The van der Waals surface area contributed by atoms with Gasteiger partial charge in [0.25, 0.3) is 0 Å². The number of rotatable bonds is 22. The molecule has 71 heavy (non-hydrogen) atoms. The average Bonchev–Trinajstić information content (AvgIpc) is 3.32. The minimum absolute atomic E-state index is 0.0354. The Morgan fingerprint density at radius 1 is 0.423 bits per heavy atom. The number of ether oxygens (including phenoxy) is 3. The van der Waals surface area contributed by atoms with Gasteiger partial charge in [-0.1, -0.05) is 136 Å². The highest BCUT2D eigenvalue weighted by atomic mass is 19.4. The molecule has 0 aliphatic rings. The lowest BCUT2D eigenvalue weighted by atomic mass is 9.89. The zero-order chi connectivity index (χ0) is 51.7. The fourth-order valence-corrected chi connectivity index (χ4v) is 8.54. The Kier molecular flexibility index (Phi) is 17.8. The lowest BCUT2D eigenvalue weighted by Gasteiger charge is -2.28. The molecule has 380 valence electrons. The third-order valence-corrected chi connectivity index (χ3v) is 12.5. The SMILES string of the molecule is CCCCc1ccc(Cc2ccccc2C(F)(F)c2c(Oc3ccc(CC(OC)C(F)(F)F)c(F)c3C(F)(F)c3ccccc3Cc3ccc(CCCC)cc3)ccc(CC(OC)C(F)(F)F)c2F)cc1. The number of benzene rings is 6. The Balaban J connectivity index is 1.53. The third kappa shape index (κ3) is 13.0. The van der Waals surface area contributed by atoms with E-state index >= 15 is 26.3 Å². The first-order valence-electron chi connectivity index (χ1n) is 23.2. The lowest BCUT2D eigenvalue weighted by molar-refractivity contribution is -0.212. The fourth-order valence-electron chi connectivity index (χ4n) is 8.54. The summed E-state index contributed by atoms with van der Waals surface area (Å²) in [7, 11) is 1.39. The normalized spacial score (nSPS) is 13.4. The van der Waals surface area contributed by atoms with Gasteiger partial charge in [-0.2, -0.15) is 43.9 Å². The van der Waals surface area contributed by atoms with Crippen LogP contribution in [0.25, 0.3) is 0 Å². The topological polar surface area (TPSA) is 27.7 Å². The van der Waals surface area contributed by atoms with Crippen molar-refractivity contribution in [3.63, 3.8) is 0 Å². The second kappa shape index (κ2) is 23.2. The molecule has 2 unspecified atom stereocenters. The quantitative estimate of drug-likeness (QED) is 0.0634. The average molecular weight is 1000 g/mol. The van der Waals surface area contributed by atoms with Crippen molar-refractivity contribution >= 4 is 0 Å². The summed E-state index contributed by atoms with van der Waals surface area (Å²) in [5, 5.41) is 0. The highest BCUT2D eigenvalue weighted by molar-refractivity contribution is 5.55. The van der Waals surface area contributed by atoms with Crippen LogP contribution >= 0.6 is 0 Å². The van der Waals surface area contributed by atoms with Crippen LogP contribution in [0.4, 0.5) is 52.7 Å². The lowest BCUT2D eigenvalue weighted by Crippen LogP contribution is -2.33. The number of unbranched alkanes of at least 4 members (excludes halogenated alkanes) is 2. The summed E-state index contributed by atoms with van der Waals surface area (Å²) in [6.07, 6.45) is -13.1. The smallest absolute Gasteiger partial charge is 0.414 e. The number of hydrogen-bond acceptors (Lipinski definition) is 3. The predicted molar refractivity (Wildman–Crippen MR) is 249 cm³/mol. The molecular formula is C56H54F12O3. The zero-order valence-electron chi connectivity index (χ0n) is 39.5. The van der Waals surface area contributed by atoms with Gasteiger partial charge in [0.05, 0.1) is 0 Å². The van der Waals surface area contributed by atoms with Crippen molar-refractivity contribution in [1.29, 1.82) is 0 Å². The van der Waals surface area contributed by atoms with Gasteiger partial charge < -0.3 is 14.2 Å². The van der Waals surface area contributed by atoms with Crippen molar-refractivity contribution in [2.24, 2.45) is 0 Å². The van der Waals surface area contributed by atoms with Crippen LogP contribution in [0.15, 0.2) is 121 Å². The Hall–Kier alpha value is -5.80. The van der Waals surface area contributed by atoms with Crippen molar-refractivity contribution in [3.05, 3.63) is 200 Å². The van der Waals surface area contributed by atoms with Crippen LogP contribution < -0.4 is 4.74 Å². The number of halogens is 12. The summed E-state index contributed by atoms with van der Waals surface area (Å²) < 4.78 is 203. The van der Waals surface area contributed by atoms with Gasteiger partial charge in [0, 0.05) is 38.2 Å². The molecule has 0 aliphatic carbocycles. The second-order valence-electron chi connectivity index (χ2n) is 17.5. The summed E-state index contributed by atoms with van der Waals surface area (Å²) in [4.78, 5) is 0. The summed E-state index contributed by atoms with van der Waals surface area (Å²) in [5.74, 6) is -15.2. The highest BCUT2D eigenvalue weighted by Crippen LogP contribution is 2.50. The summed E-state index contributed by atoms with van der Waals surface area (Å²) in [6, 6.07) is 27.0. The molecule has 0 spiro atoms. The standard InChI is InChI=1S/C56H54F12O3/c1-5-7-13-35-19-23-37(24-20-35)31-39-15-9-11-17-43(39)53(59,60)49-45(29-27-41(51(49)57)33-47(69-3)55(63,64)65)71-46-30-28-42(34-48(70-4)56(66,67)68)52(58)50(46)54(61,62)44-18-12-10-16-40(44)32-38-25-21-36(22-26-38)14-8-6-2/h9-12,15-30,47-48H,5-8,13-14,31-34H2,1-4H3. The summed E-state index contributed by atoms with van der Waals surface area (Å²) >= 11 is 0. The monoisotopic (exact) mass is 1000 g/mol. The first kappa shape index (κ1) is 54.5. The Morgan fingerprint density at radius 2 is 0.761 bits per heavy atom. The van der Waals surface area contributed by atoms with E-state index < -0.39 is 106 Å². The van der Waals surface area contributed by atoms with E-state index in [0.717, 1.165) is 61.8 Å². The highest BCUT2D eigenvalue weighted by Gasteiger charge is 2.48. The number of alkyl halides is 10. The van der Waals surface area contributed by atoms with Crippen LogP contribution in [0.3, 0.4) is 0 Å². The van der Waals surface area contributed by atoms with E-state index in [0.29, 0.717) is 49.6 Å². The molecule has 3 nitrogen and oxygen atoms in total. The van der Waals surface area contributed by atoms with Gasteiger partial charge in [0.1, 0.15) is 34.3 Å². The van der Waals surface area contributed by atoms with Gasteiger partial charge >= 0.3 is 24.2 Å². The molecule has 0 radical (unpaired) electrons. The van der Waals surface area contributed by atoms with E-state index in [9.17, 15) is 26.3 Å². The number of aryl methyl sites for hydroxylation is 2. The van der Waals surface area contributed by atoms with Gasteiger partial charge in [-0.3, -0.25) is 0 Å². The Bertz CT molecular complexity index is 2510. The molecule has 0 fully saturated rings. The van der Waals surface area contributed by atoms with Gasteiger partial charge in [0.15, 0.2) is 12.2 Å². The minimum atomic E-state index is -5.08. The maximum absolute atomic E-state index is 17.6. The molecule has 15 heteroatoms. The van der Waals surface area contributed by atoms with E-state index in [1.165, 1.54) is 36.4 Å². The molecule has 0 heterocycles. The van der Waals surface area contributed by atoms with Crippen molar-refractivity contribution in [1.82, 2.24) is 0 Å². The molecule has 0 saturated carbocycles. The summed E-state index contributed by atoms with van der Waals surface area (Å²) in [6.45, 7) is 4.07. The molecule has 0 aromatic heterocycles. The summed E-state index contributed by atoms with van der Waals surface area (Å²) in [5.41, 5.74) is -3.68. The van der Waals surface area contributed by atoms with Gasteiger partial charge in [0.2, 0.25) is 0 Å². The van der Waals surface area contributed by atoms with Gasteiger partial charge in [-0.15, -0.1) is 0 Å². The van der Waals surface area contributed by atoms with Crippen LogP contribution in [-0.2, 0) is 59.8 Å². The predicted octanol–water partition coefficient (Wildman–Crippen LogP) is 16.1. The number of hydrogen-bond donors (Lipinski definition) is 0. The minimum Gasteiger partial charge on any atom is -0.456 e. The van der Waals surface area contributed by atoms with Crippen LogP contribution in [0.2, 0.25) is 0 Å². The van der Waals surface area contributed by atoms with E-state index in [2.05, 4.69) is 9.47 Å². The number of methoxy groups -OCH3 is 2. The van der Waals surface area contributed by atoms with E-state index in [4.69, 9.17) is 4.74 Å². The van der Waals surface area contributed by atoms with E-state index in [1.807, 2.05) is 38.1 Å². The first-order valence-corrected chi connectivity index (χ1v) is 23.2. The van der Waals surface area contributed by atoms with Crippen molar-refractivity contribution in [3.8, 4) is 11.5 Å². The van der Waals surface area contributed by atoms with Crippen LogP contribution in [0.1, 0.15) is 106 Å². The Morgan fingerprint density at radius 3 is 1.08 bits per heavy atom. The zero-order valence-corrected chi connectivity index (χ0v) is 39.5. The maximum Gasteiger partial charge on any atom is 0.414 e. The second-order valence-corrected chi connectivity index (χ2v) is 17.5. The molecule has 6 aromatic rings. The van der Waals surface area contributed by atoms with Crippen LogP contribution in [-0.4, -0.2) is 38.8 Å². The largest absolute Gasteiger partial charge is 0.456 e. The molecule has 0 saturated heterocycles. The molecule has 0 amide bonds. The van der Waals surface area contributed by atoms with Crippen molar-refractivity contribution < 1.29 is 66.9 Å².